The van der Waals surface area contributed by atoms with Crippen LogP contribution in [0.15, 0.2) is 29.6 Å². The number of hydrogen-bond acceptors (Lipinski definition) is 4. The van der Waals surface area contributed by atoms with Crippen molar-refractivity contribution in [1.29, 1.82) is 0 Å². The lowest BCUT2D eigenvalue weighted by molar-refractivity contribution is 0.120. The second-order valence-corrected chi connectivity index (χ2v) is 8.67. The molecule has 3 N–H and O–H groups in total. The topological polar surface area (TPSA) is 41.3 Å². The second-order valence-electron chi connectivity index (χ2n) is 6.87. The molecule has 0 aliphatic carbocycles. The Kier molecular flexibility index (Phi) is 6.29. The normalized spacial score (nSPS) is 22.9. The Labute approximate surface area is 164 Å². The van der Waals surface area contributed by atoms with Crippen LogP contribution in [0.4, 0.5) is 5.69 Å². The van der Waals surface area contributed by atoms with Gasteiger partial charge in [0.1, 0.15) is 0 Å². The molecule has 0 bridgehead atoms. The minimum atomic E-state index is 0.173. The number of thiophene rings is 1. The Hall–Kier alpha value is -0.780. The summed E-state index contributed by atoms with van der Waals surface area (Å²) in [5, 5.41) is 6.88. The first kappa shape index (κ1) is 19.0. The molecule has 1 aliphatic heterocycles. The van der Waals surface area contributed by atoms with Crippen LogP contribution in [0.25, 0.3) is 0 Å². The minimum Gasteiger partial charge on any atom is -0.396 e. The van der Waals surface area contributed by atoms with E-state index in [1.165, 1.54) is 17.7 Å². The summed E-state index contributed by atoms with van der Waals surface area (Å²) in [6.45, 7) is 4.27. The van der Waals surface area contributed by atoms with Crippen LogP contribution in [0.1, 0.15) is 42.3 Å². The Bertz CT molecular complexity index is 682. The first-order valence-electron chi connectivity index (χ1n) is 8.68. The summed E-state index contributed by atoms with van der Waals surface area (Å²) in [5.74, 6) is 0.597. The van der Waals surface area contributed by atoms with E-state index < -0.39 is 0 Å². The molecule has 0 spiro atoms. The maximum absolute atomic E-state index is 6.18. The Morgan fingerprint density at radius 1 is 1.36 bits per heavy atom. The van der Waals surface area contributed by atoms with E-state index >= 15 is 0 Å². The van der Waals surface area contributed by atoms with Gasteiger partial charge in [0, 0.05) is 23.5 Å². The van der Waals surface area contributed by atoms with E-state index in [1.54, 1.807) is 0 Å². The molecular weight excluding hydrogens is 373 g/mol. The number of nitrogens with one attached hydrogen (secondary N) is 1. The van der Waals surface area contributed by atoms with Gasteiger partial charge in [0.2, 0.25) is 0 Å². The van der Waals surface area contributed by atoms with Gasteiger partial charge in [-0.15, -0.1) is 11.3 Å². The molecule has 3 nitrogen and oxygen atoms in total. The number of piperidine rings is 1. The zero-order valence-electron chi connectivity index (χ0n) is 14.6. The number of rotatable bonds is 5. The second kappa shape index (κ2) is 8.28. The fourth-order valence-electron chi connectivity index (χ4n) is 3.68. The lowest BCUT2D eigenvalue weighted by atomic mass is 9.88. The van der Waals surface area contributed by atoms with Gasteiger partial charge in [0.05, 0.1) is 15.7 Å². The third kappa shape index (κ3) is 4.32. The fourth-order valence-corrected chi connectivity index (χ4v) is 5.17. The van der Waals surface area contributed by atoms with Crippen LogP contribution in [0, 0.1) is 5.92 Å². The van der Waals surface area contributed by atoms with Crippen molar-refractivity contribution in [3.63, 3.8) is 0 Å². The number of benzene rings is 1. The zero-order chi connectivity index (χ0) is 18.0. The van der Waals surface area contributed by atoms with Crippen molar-refractivity contribution in [2.24, 2.45) is 5.92 Å². The quantitative estimate of drug-likeness (QED) is 0.666. The van der Waals surface area contributed by atoms with Crippen LogP contribution >= 0.6 is 34.5 Å². The van der Waals surface area contributed by atoms with Gasteiger partial charge in [-0.05, 0) is 68.4 Å². The molecule has 1 aromatic heterocycles. The van der Waals surface area contributed by atoms with Gasteiger partial charge in [0.15, 0.2) is 0 Å². The molecule has 136 valence electrons. The maximum Gasteiger partial charge on any atom is 0.0693 e. The molecule has 3 rings (SSSR count). The molecule has 1 fully saturated rings. The van der Waals surface area contributed by atoms with Crippen LogP contribution in [-0.4, -0.2) is 25.0 Å². The van der Waals surface area contributed by atoms with Crippen molar-refractivity contribution in [2.75, 3.05) is 25.9 Å². The highest BCUT2D eigenvalue weighted by Crippen LogP contribution is 2.37. The molecule has 1 aliphatic rings. The lowest BCUT2D eigenvalue weighted by Gasteiger charge is -2.39. The van der Waals surface area contributed by atoms with Crippen molar-refractivity contribution < 1.29 is 0 Å². The van der Waals surface area contributed by atoms with Crippen molar-refractivity contribution in [1.82, 2.24) is 10.2 Å². The minimum absolute atomic E-state index is 0.173. The molecule has 3 unspecified atom stereocenters. The average Bonchev–Trinajstić information content (AvgIpc) is 3.11. The Morgan fingerprint density at radius 2 is 2.08 bits per heavy atom. The molecule has 1 saturated heterocycles. The van der Waals surface area contributed by atoms with Crippen molar-refractivity contribution >= 4 is 40.2 Å². The summed E-state index contributed by atoms with van der Waals surface area (Å²) in [6, 6.07) is 8.88. The van der Waals surface area contributed by atoms with E-state index in [1.807, 2.05) is 23.5 Å². The van der Waals surface area contributed by atoms with Gasteiger partial charge in [0.25, 0.3) is 0 Å². The highest BCUT2D eigenvalue weighted by atomic mass is 35.5. The van der Waals surface area contributed by atoms with E-state index in [2.05, 4.69) is 41.7 Å². The summed E-state index contributed by atoms with van der Waals surface area (Å²) in [6.07, 6.45) is 2.49. The van der Waals surface area contributed by atoms with Crippen LogP contribution in [0.3, 0.4) is 0 Å². The van der Waals surface area contributed by atoms with E-state index in [4.69, 9.17) is 28.9 Å². The van der Waals surface area contributed by atoms with Crippen LogP contribution in [-0.2, 0) is 0 Å². The van der Waals surface area contributed by atoms with Crippen molar-refractivity contribution in [3.8, 4) is 0 Å². The number of hydrogen-bond donors (Lipinski definition) is 2. The third-order valence-electron chi connectivity index (χ3n) is 5.13. The first-order valence-corrected chi connectivity index (χ1v) is 10.3. The summed E-state index contributed by atoms with van der Waals surface area (Å²) in [5.41, 5.74) is 7.36. The molecule has 3 atom stereocenters. The van der Waals surface area contributed by atoms with Gasteiger partial charge in [-0.3, -0.25) is 4.90 Å². The standard InChI is InChI=1S/C19H25Cl2N3S/c1-12(14-9-15(20)18(22)16(21)10-14)23-11-13-5-3-7-24(2)19(13)17-6-4-8-25-17/h4,6,8-10,12-13,19,23H,3,5,7,11,22H2,1-2H3. The van der Waals surface area contributed by atoms with E-state index in [0.717, 1.165) is 18.7 Å². The fraction of sp³-hybridized carbons (Fsp3) is 0.474. The zero-order valence-corrected chi connectivity index (χ0v) is 17.0. The molecule has 0 amide bonds. The average molecular weight is 398 g/mol. The summed E-state index contributed by atoms with van der Waals surface area (Å²) in [7, 11) is 2.24. The summed E-state index contributed by atoms with van der Waals surface area (Å²) >= 11 is 14.2. The van der Waals surface area contributed by atoms with Crippen LogP contribution < -0.4 is 11.1 Å². The smallest absolute Gasteiger partial charge is 0.0693 e. The third-order valence-corrected chi connectivity index (χ3v) is 6.70. The molecule has 2 aromatic rings. The predicted octanol–water partition coefficient (Wildman–Crippen LogP) is 5.37. The van der Waals surface area contributed by atoms with Crippen LogP contribution in [0.5, 0.6) is 0 Å². The molecule has 1 aromatic carbocycles. The van der Waals surface area contributed by atoms with Gasteiger partial charge in [-0.1, -0.05) is 29.3 Å². The number of halogens is 2. The number of nitrogens with zero attached hydrogens (tertiary/aromatic N) is 1. The highest BCUT2D eigenvalue weighted by molar-refractivity contribution is 7.10. The monoisotopic (exact) mass is 397 g/mol. The van der Waals surface area contributed by atoms with E-state index in [0.29, 0.717) is 27.7 Å². The Morgan fingerprint density at radius 3 is 2.72 bits per heavy atom. The number of anilines is 1. The van der Waals surface area contributed by atoms with Gasteiger partial charge in [-0.25, -0.2) is 0 Å². The molecule has 2 heterocycles. The summed E-state index contributed by atoms with van der Waals surface area (Å²) in [4.78, 5) is 3.95. The van der Waals surface area contributed by atoms with Gasteiger partial charge < -0.3 is 11.1 Å². The van der Waals surface area contributed by atoms with Crippen molar-refractivity contribution in [3.05, 3.63) is 50.1 Å². The molecule has 0 saturated carbocycles. The summed E-state index contributed by atoms with van der Waals surface area (Å²) < 4.78 is 0. The maximum atomic E-state index is 6.18. The van der Waals surface area contributed by atoms with Crippen LogP contribution in [0.2, 0.25) is 10.0 Å². The molecule has 0 radical (unpaired) electrons. The van der Waals surface area contributed by atoms with Gasteiger partial charge >= 0.3 is 0 Å². The molecule has 6 heteroatoms. The lowest BCUT2D eigenvalue weighted by Crippen LogP contribution is -2.40. The predicted molar refractivity (Wildman–Crippen MR) is 110 cm³/mol. The number of nitrogen functional groups attached to an aromatic ring is 1. The highest BCUT2D eigenvalue weighted by Gasteiger charge is 2.31. The van der Waals surface area contributed by atoms with E-state index in [9.17, 15) is 0 Å². The largest absolute Gasteiger partial charge is 0.396 e. The van der Waals surface area contributed by atoms with Crippen molar-refractivity contribution in [2.45, 2.75) is 31.8 Å². The SMILES string of the molecule is CC(NCC1CCCN(C)C1c1cccs1)c1cc(Cl)c(N)c(Cl)c1. The van der Waals surface area contributed by atoms with E-state index in [-0.39, 0.29) is 6.04 Å². The molecular formula is C19H25Cl2N3S. The number of nitrogens with two attached hydrogens (primary N) is 1. The molecule has 25 heavy (non-hydrogen) atoms. The number of likely N-dealkylation sites (tertiary alicyclic amines) is 1. The van der Waals surface area contributed by atoms with Gasteiger partial charge in [-0.2, -0.15) is 0 Å². The first-order chi connectivity index (χ1) is 12.0. The Balaban J connectivity index is 1.69.